The van der Waals surface area contributed by atoms with Crippen LogP contribution in [0, 0.1) is 17.1 Å². The number of hydrogen-bond donors (Lipinski definition) is 1. The zero-order chi connectivity index (χ0) is 23.2. The van der Waals surface area contributed by atoms with E-state index < -0.39 is 23.9 Å². The van der Waals surface area contributed by atoms with Gasteiger partial charge in [-0.15, -0.1) is 0 Å². The fourth-order valence-electron chi connectivity index (χ4n) is 2.86. The van der Waals surface area contributed by atoms with Gasteiger partial charge in [0, 0.05) is 27.0 Å². The van der Waals surface area contributed by atoms with Crippen LogP contribution in [0.2, 0.25) is 5.88 Å². The minimum absolute atomic E-state index is 0.0141. The van der Waals surface area contributed by atoms with Gasteiger partial charge >= 0.3 is 0 Å². The summed E-state index contributed by atoms with van der Waals surface area (Å²) >= 11 is 7.10. The molecule has 0 spiro atoms. The number of thiazole rings is 1. The zero-order valence-electron chi connectivity index (χ0n) is 18.9. The molecule has 3 aromatic rings. The van der Waals surface area contributed by atoms with Gasteiger partial charge in [-0.2, -0.15) is 5.26 Å². The molecule has 1 aromatic carbocycles. The number of nitrogens with zero attached hydrogens (tertiary/aromatic N) is 5. The van der Waals surface area contributed by atoms with Gasteiger partial charge < -0.3 is 5.31 Å². The van der Waals surface area contributed by atoms with E-state index in [0.29, 0.717) is 30.6 Å². The normalized spacial score (nSPS) is 19.5. The fraction of sp³-hybridized carbons (Fsp3) is 0.333. The Morgan fingerprint density at radius 3 is 3.11 bits per heavy atom. The Hall–Kier alpha value is -2.34. The van der Waals surface area contributed by atoms with Gasteiger partial charge in [0.25, 0.3) is 0 Å². The number of anilines is 1. The molecule has 0 bridgehead atoms. The molecule has 138 valence electrons. The first-order valence-corrected chi connectivity index (χ1v) is 9.35. The van der Waals surface area contributed by atoms with Crippen LogP contribution in [0.25, 0.3) is 10.3 Å². The van der Waals surface area contributed by atoms with Gasteiger partial charge in [0.1, 0.15) is 30.1 Å². The van der Waals surface area contributed by atoms with E-state index in [2.05, 4.69) is 15.0 Å². The third-order valence-electron chi connectivity index (χ3n) is 4.18. The van der Waals surface area contributed by atoms with Gasteiger partial charge in [-0.05, 0) is 30.5 Å². The van der Waals surface area contributed by atoms with Gasteiger partial charge in [0.15, 0.2) is 11.5 Å². The van der Waals surface area contributed by atoms with Crippen molar-refractivity contribution in [2.75, 3.05) is 18.4 Å². The largest absolute Gasteiger partial charge is 0.366 e. The number of fused-ring (bicyclic) bond motifs is 1. The summed E-state index contributed by atoms with van der Waals surface area (Å²) in [6.45, 7) is -0.330. The highest BCUT2D eigenvalue weighted by atomic mass is 35.5. The summed E-state index contributed by atoms with van der Waals surface area (Å²) in [6.07, 6.45) is 0.708. The lowest BCUT2D eigenvalue weighted by atomic mass is 10.0. The molecule has 1 aliphatic heterocycles. The number of rotatable bonds is 4. The predicted octanol–water partition coefficient (Wildman–Crippen LogP) is 3.83. The van der Waals surface area contributed by atoms with E-state index in [4.69, 9.17) is 23.8 Å². The van der Waals surface area contributed by atoms with Crippen LogP contribution in [0.15, 0.2) is 24.5 Å². The minimum Gasteiger partial charge on any atom is -0.366 e. The number of benzene rings is 1. The molecule has 4 rings (SSSR count). The van der Waals surface area contributed by atoms with Gasteiger partial charge in [0.05, 0.1) is 8.30 Å². The zero-order valence-corrected chi connectivity index (χ0v) is 15.5. The molecule has 1 aliphatic rings. The number of nitrogens with one attached hydrogen (secondary N) is 1. The van der Waals surface area contributed by atoms with Crippen molar-refractivity contribution in [1.82, 2.24) is 19.9 Å². The second kappa shape index (κ2) is 7.72. The summed E-state index contributed by atoms with van der Waals surface area (Å²) in [5, 5.41) is 10.3. The number of piperidine rings is 1. The van der Waals surface area contributed by atoms with Crippen LogP contribution in [0.3, 0.4) is 0 Å². The molecule has 9 heteroatoms. The molecule has 2 aromatic heterocycles. The lowest BCUT2D eigenvalue weighted by molar-refractivity contribution is 0.211. The molecule has 27 heavy (non-hydrogen) atoms. The van der Waals surface area contributed by atoms with Crippen molar-refractivity contribution in [2.45, 2.75) is 25.4 Å². The number of halogens is 2. The minimum atomic E-state index is -1.10. The maximum absolute atomic E-state index is 13.8. The molecule has 0 amide bonds. The Morgan fingerprint density at radius 1 is 1.52 bits per heavy atom. The fourth-order valence-corrected chi connectivity index (χ4v) is 3.84. The molecule has 1 N–H and O–H groups in total. The highest BCUT2D eigenvalue weighted by Gasteiger charge is 2.21. The summed E-state index contributed by atoms with van der Waals surface area (Å²) in [7, 11) is 0. The van der Waals surface area contributed by atoms with Crippen LogP contribution in [0.1, 0.15) is 29.5 Å². The van der Waals surface area contributed by atoms with Crippen LogP contribution in [0.4, 0.5) is 10.2 Å². The third kappa shape index (κ3) is 4.00. The molecule has 3 heterocycles. The quantitative estimate of drug-likeness (QED) is 0.708. The summed E-state index contributed by atoms with van der Waals surface area (Å²) in [4.78, 5) is 13.8. The Morgan fingerprint density at radius 2 is 2.33 bits per heavy atom. The molecule has 1 fully saturated rings. The smallest absolute Gasteiger partial charge is 0.186 e. The van der Waals surface area contributed by atoms with Crippen LogP contribution in [-0.2, 0) is 6.52 Å². The van der Waals surface area contributed by atoms with Crippen molar-refractivity contribution >= 4 is 39.1 Å². The lowest BCUT2D eigenvalue weighted by Gasteiger charge is -2.32. The second-order valence-electron chi connectivity index (χ2n) is 5.95. The summed E-state index contributed by atoms with van der Waals surface area (Å²) in [5.41, 5.74) is -0.214. The van der Waals surface area contributed by atoms with Crippen molar-refractivity contribution in [3.63, 3.8) is 0 Å². The van der Waals surface area contributed by atoms with Crippen molar-refractivity contribution in [3.8, 4) is 6.07 Å². The summed E-state index contributed by atoms with van der Waals surface area (Å²) < 4.78 is 55.6. The molecule has 1 saturated heterocycles. The maximum Gasteiger partial charge on any atom is 0.186 e. The van der Waals surface area contributed by atoms with Crippen LogP contribution in [-0.4, -0.2) is 39.0 Å². The first kappa shape index (κ1) is 12.9. The number of hydrogen-bond acceptors (Lipinski definition) is 7. The highest BCUT2D eigenvalue weighted by molar-refractivity contribution is 7.22. The number of likely N-dealkylation sites (tertiary alicyclic amines) is 1. The van der Waals surface area contributed by atoms with Crippen molar-refractivity contribution < 1.29 is 11.3 Å². The first-order chi connectivity index (χ1) is 15.2. The molecular weight excluding hydrogens is 387 g/mol. The van der Waals surface area contributed by atoms with E-state index in [-0.39, 0.29) is 39.9 Å². The maximum atomic E-state index is 13.8. The molecular formula is C18H16ClFN6S. The molecule has 0 radical (unpaired) electrons. The third-order valence-corrected chi connectivity index (χ3v) is 5.32. The highest BCUT2D eigenvalue weighted by Crippen LogP contribution is 2.30. The molecule has 0 saturated carbocycles. The van der Waals surface area contributed by atoms with Gasteiger partial charge in [-0.25, -0.2) is 19.3 Å². The SMILES string of the molecule is [2H]c1nc(N([2H])C2CCN(C([2H])c3c([2H])cc(F)c(C#N)c3[2H])CC2)c2sc(Cl)nc2n1. The predicted molar refractivity (Wildman–Crippen MR) is 103 cm³/mol. The monoisotopic (exact) mass is 407 g/mol. The molecule has 1 atom stereocenters. The number of aromatic nitrogens is 3. The van der Waals surface area contributed by atoms with Crippen molar-refractivity contribution in [2.24, 2.45) is 0 Å². The van der Waals surface area contributed by atoms with E-state index in [0.717, 1.165) is 17.4 Å². The second-order valence-corrected chi connectivity index (χ2v) is 7.54. The Balaban J connectivity index is 1.52. The topological polar surface area (TPSA) is 77.7 Å². The van der Waals surface area contributed by atoms with Crippen molar-refractivity contribution in [3.05, 3.63) is 45.9 Å². The molecule has 1 unspecified atom stereocenters. The first-order valence-electron chi connectivity index (χ1n) is 10.7. The van der Waals surface area contributed by atoms with Gasteiger partial charge in [-0.1, -0.05) is 29.0 Å². The van der Waals surface area contributed by atoms with Crippen LogP contribution in [0.5, 0.6) is 0 Å². The van der Waals surface area contributed by atoms with Gasteiger partial charge in [0.2, 0.25) is 0 Å². The van der Waals surface area contributed by atoms with E-state index in [1.54, 1.807) is 11.0 Å². The number of nitriles is 1. The van der Waals surface area contributed by atoms with E-state index >= 15 is 0 Å². The van der Waals surface area contributed by atoms with E-state index in [9.17, 15) is 4.39 Å². The lowest BCUT2D eigenvalue weighted by Crippen LogP contribution is -2.38. The summed E-state index contributed by atoms with van der Waals surface area (Å²) in [6, 6.07) is 1.51. The van der Waals surface area contributed by atoms with E-state index in [1.165, 1.54) is 5.31 Å². The molecule has 6 nitrogen and oxygen atoms in total. The average Bonchev–Trinajstić information content (AvgIpc) is 3.12. The average molecular weight is 408 g/mol. The van der Waals surface area contributed by atoms with Gasteiger partial charge in [-0.3, -0.25) is 4.90 Å². The summed E-state index contributed by atoms with van der Waals surface area (Å²) in [5.74, 6) is -0.681. The van der Waals surface area contributed by atoms with E-state index in [1.807, 2.05) is 0 Å². The Kier molecular flexibility index (Phi) is 3.70. The Bertz CT molecular complexity index is 1230. The Labute approximate surface area is 171 Å². The van der Waals surface area contributed by atoms with Crippen LogP contribution < -0.4 is 5.31 Å². The van der Waals surface area contributed by atoms with Crippen molar-refractivity contribution in [1.29, 1.82) is 5.26 Å². The standard InChI is InChI=1S/C18H16ClFN6S/c19-18-25-17-15(27-18)16(22-10-23-17)24-13-3-5-26(6-4-13)9-11-1-2-14(20)12(7-11)8-21/h1-2,7,10,13H,3-6,9H2,(H,22,23,24)/i1D,7D,9D,10D/hD. The van der Waals surface area contributed by atoms with Crippen LogP contribution >= 0.6 is 22.9 Å². The molecule has 0 aliphatic carbocycles.